The minimum Gasteiger partial charge on any atom is -0.481 e. The fraction of sp³-hybridized carbons (Fsp3) is 0.867. The zero-order valence-electron chi connectivity index (χ0n) is 12.7. The summed E-state index contributed by atoms with van der Waals surface area (Å²) >= 11 is 0. The SMILES string of the molecule is CCC1C[C@H](C(=O)NC(CC)(CC)CO)[C@H](C(=O)O)C1. The third-order valence-corrected chi connectivity index (χ3v) is 4.94. The highest BCUT2D eigenvalue weighted by atomic mass is 16.4. The number of carbonyl (C=O) groups is 2. The molecule has 0 bridgehead atoms. The molecule has 1 saturated carbocycles. The Balaban J connectivity index is 2.81. The van der Waals surface area contributed by atoms with E-state index in [0.29, 0.717) is 31.6 Å². The van der Waals surface area contributed by atoms with Gasteiger partial charge in [-0.3, -0.25) is 9.59 Å². The lowest BCUT2D eigenvalue weighted by Crippen LogP contribution is -2.53. The molecule has 5 heteroatoms. The summed E-state index contributed by atoms with van der Waals surface area (Å²) in [6.07, 6.45) is 3.38. The highest BCUT2D eigenvalue weighted by molar-refractivity contribution is 5.85. The van der Waals surface area contributed by atoms with Crippen LogP contribution in [-0.2, 0) is 9.59 Å². The van der Waals surface area contributed by atoms with Crippen LogP contribution in [0.3, 0.4) is 0 Å². The Kier molecular flexibility index (Phi) is 5.99. The van der Waals surface area contributed by atoms with Crippen molar-refractivity contribution in [2.24, 2.45) is 17.8 Å². The lowest BCUT2D eigenvalue weighted by molar-refractivity contribution is -0.146. The van der Waals surface area contributed by atoms with E-state index in [9.17, 15) is 19.8 Å². The number of carboxylic acid groups (broad SMARTS) is 1. The summed E-state index contributed by atoms with van der Waals surface area (Å²) in [5.41, 5.74) is -0.621. The van der Waals surface area contributed by atoms with Crippen LogP contribution in [0.5, 0.6) is 0 Å². The van der Waals surface area contributed by atoms with Gasteiger partial charge in [-0.1, -0.05) is 27.2 Å². The van der Waals surface area contributed by atoms with Gasteiger partial charge in [0.2, 0.25) is 5.91 Å². The maximum atomic E-state index is 12.4. The topological polar surface area (TPSA) is 86.6 Å². The van der Waals surface area contributed by atoms with Crippen LogP contribution in [0.4, 0.5) is 0 Å². The fourth-order valence-electron chi connectivity index (χ4n) is 3.08. The number of amides is 1. The summed E-state index contributed by atoms with van der Waals surface area (Å²) in [4.78, 5) is 23.8. The molecule has 0 aliphatic heterocycles. The van der Waals surface area contributed by atoms with E-state index in [1.165, 1.54) is 0 Å². The van der Waals surface area contributed by atoms with Crippen molar-refractivity contribution >= 4 is 11.9 Å². The first-order valence-electron chi connectivity index (χ1n) is 7.58. The monoisotopic (exact) mass is 285 g/mol. The molecule has 1 rings (SSSR count). The quantitative estimate of drug-likeness (QED) is 0.665. The predicted octanol–water partition coefficient (Wildman–Crippen LogP) is 1.79. The lowest BCUT2D eigenvalue weighted by atomic mass is 9.90. The molecular formula is C15H27NO4. The molecule has 1 amide bonds. The number of aliphatic hydroxyl groups is 1. The molecule has 116 valence electrons. The van der Waals surface area contributed by atoms with Crippen LogP contribution in [0.1, 0.15) is 52.9 Å². The largest absolute Gasteiger partial charge is 0.481 e. The van der Waals surface area contributed by atoms with Crippen molar-refractivity contribution in [2.75, 3.05) is 6.61 Å². The van der Waals surface area contributed by atoms with Gasteiger partial charge in [0.1, 0.15) is 0 Å². The van der Waals surface area contributed by atoms with E-state index in [-0.39, 0.29) is 12.5 Å². The number of hydrogen-bond donors (Lipinski definition) is 3. The standard InChI is InChI=1S/C15H27NO4/c1-4-10-7-11(12(8-10)14(19)20)13(18)16-15(5-2,6-3)9-17/h10-12,17H,4-9H2,1-3H3,(H,16,18)(H,19,20)/t10?,11-,12+/m0/s1. The van der Waals surface area contributed by atoms with Crippen molar-refractivity contribution in [3.8, 4) is 0 Å². The third-order valence-electron chi connectivity index (χ3n) is 4.94. The number of aliphatic carboxylic acids is 1. The Morgan fingerprint density at radius 2 is 1.70 bits per heavy atom. The Hall–Kier alpha value is -1.10. The zero-order chi connectivity index (χ0) is 15.3. The van der Waals surface area contributed by atoms with Crippen LogP contribution in [0, 0.1) is 17.8 Å². The second kappa shape index (κ2) is 7.07. The maximum absolute atomic E-state index is 12.4. The van der Waals surface area contributed by atoms with Gasteiger partial charge in [0.15, 0.2) is 0 Å². The van der Waals surface area contributed by atoms with Crippen LogP contribution in [0.15, 0.2) is 0 Å². The maximum Gasteiger partial charge on any atom is 0.307 e. The molecular weight excluding hydrogens is 258 g/mol. The van der Waals surface area contributed by atoms with Crippen molar-refractivity contribution in [3.63, 3.8) is 0 Å². The van der Waals surface area contributed by atoms with E-state index >= 15 is 0 Å². The zero-order valence-corrected chi connectivity index (χ0v) is 12.7. The Bertz CT molecular complexity index is 344. The number of carbonyl (C=O) groups excluding carboxylic acids is 1. The fourth-order valence-corrected chi connectivity index (χ4v) is 3.08. The van der Waals surface area contributed by atoms with Gasteiger partial charge < -0.3 is 15.5 Å². The molecule has 1 aliphatic rings. The number of carboxylic acids is 1. The van der Waals surface area contributed by atoms with Crippen molar-refractivity contribution in [3.05, 3.63) is 0 Å². The molecule has 0 spiro atoms. The summed E-state index contributed by atoms with van der Waals surface area (Å²) in [5.74, 6) is -1.86. The second-order valence-electron chi connectivity index (χ2n) is 5.93. The molecule has 0 heterocycles. The molecule has 0 aromatic heterocycles. The summed E-state index contributed by atoms with van der Waals surface area (Å²) < 4.78 is 0. The molecule has 1 unspecified atom stereocenters. The van der Waals surface area contributed by atoms with Gasteiger partial charge in [0, 0.05) is 0 Å². The predicted molar refractivity (Wildman–Crippen MR) is 76.2 cm³/mol. The molecule has 3 atom stereocenters. The molecule has 5 nitrogen and oxygen atoms in total. The van der Waals surface area contributed by atoms with Crippen molar-refractivity contribution in [2.45, 2.75) is 58.4 Å². The molecule has 20 heavy (non-hydrogen) atoms. The van der Waals surface area contributed by atoms with Gasteiger partial charge in [-0.15, -0.1) is 0 Å². The molecule has 1 fully saturated rings. The van der Waals surface area contributed by atoms with E-state index in [0.717, 1.165) is 6.42 Å². The van der Waals surface area contributed by atoms with Gasteiger partial charge in [0.05, 0.1) is 24.0 Å². The number of rotatable bonds is 7. The van der Waals surface area contributed by atoms with Crippen molar-refractivity contribution < 1.29 is 19.8 Å². The summed E-state index contributed by atoms with van der Waals surface area (Å²) in [6, 6.07) is 0. The average Bonchev–Trinajstić information content (AvgIpc) is 2.89. The number of aliphatic hydroxyl groups excluding tert-OH is 1. The Labute approximate surface area is 120 Å². The molecule has 0 aromatic carbocycles. The summed E-state index contributed by atoms with van der Waals surface area (Å²) in [7, 11) is 0. The van der Waals surface area contributed by atoms with Gasteiger partial charge in [-0.2, -0.15) is 0 Å². The molecule has 0 saturated heterocycles. The van der Waals surface area contributed by atoms with Crippen molar-refractivity contribution in [1.29, 1.82) is 0 Å². The van der Waals surface area contributed by atoms with Gasteiger partial charge >= 0.3 is 5.97 Å². The molecule has 0 aromatic rings. The van der Waals surface area contributed by atoms with Crippen LogP contribution in [0.25, 0.3) is 0 Å². The molecule has 1 aliphatic carbocycles. The number of hydrogen-bond acceptors (Lipinski definition) is 3. The molecule has 0 radical (unpaired) electrons. The highest BCUT2D eigenvalue weighted by Gasteiger charge is 2.43. The van der Waals surface area contributed by atoms with Crippen molar-refractivity contribution in [1.82, 2.24) is 5.32 Å². The molecule has 3 N–H and O–H groups in total. The first kappa shape index (κ1) is 17.0. The Morgan fingerprint density at radius 1 is 1.15 bits per heavy atom. The van der Waals surface area contributed by atoms with E-state index in [4.69, 9.17) is 0 Å². The first-order chi connectivity index (χ1) is 9.42. The van der Waals surface area contributed by atoms with Gasteiger partial charge in [-0.25, -0.2) is 0 Å². The van der Waals surface area contributed by atoms with Crippen LogP contribution >= 0.6 is 0 Å². The minimum absolute atomic E-state index is 0.118. The normalized spacial score (nSPS) is 26.5. The Morgan fingerprint density at radius 3 is 2.10 bits per heavy atom. The van der Waals surface area contributed by atoms with E-state index in [1.54, 1.807) is 0 Å². The average molecular weight is 285 g/mol. The summed E-state index contributed by atoms with van der Waals surface area (Å²) in [6.45, 7) is 5.74. The van der Waals surface area contributed by atoms with E-state index in [2.05, 4.69) is 5.32 Å². The van der Waals surface area contributed by atoms with Crippen LogP contribution in [0.2, 0.25) is 0 Å². The lowest BCUT2D eigenvalue weighted by Gasteiger charge is -2.32. The highest BCUT2D eigenvalue weighted by Crippen LogP contribution is 2.38. The minimum atomic E-state index is -0.885. The van der Waals surface area contributed by atoms with Crippen LogP contribution < -0.4 is 5.32 Å². The van der Waals surface area contributed by atoms with Gasteiger partial charge in [0.25, 0.3) is 0 Å². The summed E-state index contributed by atoms with van der Waals surface area (Å²) in [5, 5.41) is 21.7. The third kappa shape index (κ3) is 3.51. The smallest absolute Gasteiger partial charge is 0.307 e. The van der Waals surface area contributed by atoms with E-state index in [1.807, 2.05) is 20.8 Å². The second-order valence-corrected chi connectivity index (χ2v) is 5.93. The number of nitrogens with one attached hydrogen (secondary N) is 1. The van der Waals surface area contributed by atoms with Crippen LogP contribution in [-0.4, -0.2) is 34.2 Å². The van der Waals surface area contributed by atoms with E-state index < -0.39 is 23.3 Å². The van der Waals surface area contributed by atoms with Gasteiger partial charge in [-0.05, 0) is 31.6 Å². The first-order valence-corrected chi connectivity index (χ1v) is 7.58.